The third-order valence-electron chi connectivity index (χ3n) is 2.12. The number of rotatable bonds is 3. The van der Waals surface area contributed by atoms with Crippen LogP contribution in [0.15, 0.2) is 15.9 Å². The van der Waals surface area contributed by atoms with Gasteiger partial charge >= 0.3 is 12.4 Å². The first-order chi connectivity index (χ1) is 8.01. The van der Waals surface area contributed by atoms with Crippen LogP contribution in [0.3, 0.4) is 0 Å². The molecule has 1 atom stereocenters. The van der Waals surface area contributed by atoms with E-state index in [1.54, 1.807) is 0 Å². The normalized spacial score (nSPS) is 15.2. The topological polar surface area (TPSA) is 20.2 Å². The average Bonchev–Trinajstić information content (AvgIpc) is 2.44. The Labute approximate surface area is 111 Å². The van der Waals surface area contributed by atoms with Gasteiger partial charge in [-0.3, -0.25) is 0 Å². The van der Waals surface area contributed by atoms with Gasteiger partial charge in [-0.05, 0) is 22.0 Å². The van der Waals surface area contributed by atoms with E-state index in [9.17, 15) is 31.4 Å². The van der Waals surface area contributed by atoms with Crippen LogP contribution < -0.4 is 0 Å². The number of thiophene rings is 1. The third-order valence-corrected chi connectivity index (χ3v) is 3.84. The monoisotopic (exact) mass is 356 g/mol. The molecule has 1 aromatic heterocycles. The van der Waals surface area contributed by atoms with Gasteiger partial charge in [0.15, 0.2) is 5.92 Å². The lowest BCUT2D eigenvalue weighted by atomic mass is 9.98. The van der Waals surface area contributed by atoms with Gasteiger partial charge in [-0.2, -0.15) is 26.3 Å². The van der Waals surface area contributed by atoms with Gasteiger partial charge in [-0.15, -0.1) is 11.3 Å². The summed E-state index contributed by atoms with van der Waals surface area (Å²) in [7, 11) is 0. The van der Waals surface area contributed by atoms with Crippen molar-refractivity contribution in [2.24, 2.45) is 5.92 Å². The maximum atomic E-state index is 12.3. The van der Waals surface area contributed by atoms with Crippen molar-refractivity contribution in [3.8, 4) is 0 Å². The molecule has 0 amide bonds. The van der Waals surface area contributed by atoms with Crippen LogP contribution in [-0.4, -0.2) is 23.6 Å². The number of halogens is 7. The number of hydrogen-bond donors (Lipinski definition) is 1. The van der Waals surface area contributed by atoms with E-state index in [0.29, 0.717) is 4.47 Å². The predicted molar refractivity (Wildman–Crippen MR) is 57.3 cm³/mol. The molecule has 1 unspecified atom stereocenters. The van der Waals surface area contributed by atoms with Crippen LogP contribution >= 0.6 is 27.3 Å². The first-order valence-corrected chi connectivity index (χ1v) is 6.23. The lowest BCUT2D eigenvalue weighted by Gasteiger charge is -2.27. The van der Waals surface area contributed by atoms with E-state index in [1.165, 1.54) is 11.4 Å². The largest absolute Gasteiger partial charge is 0.403 e. The predicted octanol–water partition coefficient (Wildman–Crippen LogP) is 4.15. The summed E-state index contributed by atoms with van der Waals surface area (Å²) in [5.41, 5.74) is 0. The number of alkyl halides is 6. The van der Waals surface area contributed by atoms with Crippen molar-refractivity contribution in [1.82, 2.24) is 0 Å². The van der Waals surface area contributed by atoms with Crippen molar-refractivity contribution in [3.63, 3.8) is 0 Å². The van der Waals surface area contributed by atoms with Crippen LogP contribution in [0.5, 0.6) is 0 Å². The molecule has 104 valence electrons. The second-order valence-corrected chi connectivity index (χ2v) is 5.48. The third kappa shape index (κ3) is 4.13. The maximum Gasteiger partial charge on any atom is 0.403 e. The summed E-state index contributed by atoms with van der Waals surface area (Å²) in [4.78, 5) is 0.243. The lowest BCUT2D eigenvalue weighted by Crippen LogP contribution is -2.45. The maximum absolute atomic E-state index is 12.3. The summed E-state index contributed by atoms with van der Waals surface area (Å²) in [6.45, 7) is 0. The summed E-state index contributed by atoms with van der Waals surface area (Å²) in [5.74, 6) is -3.73. The minimum Gasteiger partial charge on any atom is -0.392 e. The van der Waals surface area contributed by atoms with Crippen LogP contribution in [-0.2, 0) is 6.42 Å². The zero-order valence-corrected chi connectivity index (χ0v) is 10.9. The van der Waals surface area contributed by atoms with Crippen molar-refractivity contribution < 1.29 is 31.4 Å². The molecule has 0 saturated heterocycles. The van der Waals surface area contributed by atoms with Gasteiger partial charge in [-0.25, -0.2) is 0 Å². The van der Waals surface area contributed by atoms with E-state index in [1.807, 2.05) is 0 Å². The minimum absolute atomic E-state index is 0.243. The molecule has 0 aliphatic carbocycles. The fraction of sp³-hybridized carbons (Fsp3) is 0.556. The lowest BCUT2D eigenvalue weighted by molar-refractivity contribution is -0.305. The fourth-order valence-electron chi connectivity index (χ4n) is 1.41. The molecule has 1 heterocycles. The Kier molecular flexibility index (Phi) is 4.71. The smallest absolute Gasteiger partial charge is 0.392 e. The molecular weight excluding hydrogens is 350 g/mol. The first-order valence-electron chi connectivity index (χ1n) is 4.56. The summed E-state index contributed by atoms with van der Waals surface area (Å²) >= 11 is 4.00. The van der Waals surface area contributed by atoms with E-state index in [2.05, 4.69) is 15.9 Å². The Hall–Kier alpha value is -0.280. The van der Waals surface area contributed by atoms with E-state index in [-0.39, 0.29) is 4.88 Å². The molecule has 0 spiro atoms. The summed E-state index contributed by atoms with van der Waals surface area (Å²) < 4.78 is 74.3. The molecule has 1 N–H and O–H groups in total. The second-order valence-electron chi connectivity index (χ2n) is 3.56. The standard InChI is InChI=1S/C9H7BrF6OS/c10-4-1-5(18-3-4)2-6(17)7(8(11,12)13)9(14,15)16/h1,3,6-7,17H,2H2. The Bertz CT molecular complexity index is 384. The molecule has 1 nitrogen and oxygen atoms in total. The number of hydrogen-bond acceptors (Lipinski definition) is 2. The molecule has 18 heavy (non-hydrogen) atoms. The highest BCUT2D eigenvalue weighted by molar-refractivity contribution is 9.10. The van der Waals surface area contributed by atoms with Gasteiger partial charge in [0.1, 0.15) is 0 Å². The van der Waals surface area contributed by atoms with Crippen molar-refractivity contribution in [1.29, 1.82) is 0 Å². The second kappa shape index (κ2) is 5.38. The fourth-order valence-corrected chi connectivity index (χ4v) is 2.91. The highest BCUT2D eigenvalue weighted by Crippen LogP contribution is 2.42. The van der Waals surface area contributed by atoms with Crippen molar-refractivity contribution in [3.05, 3.63) is 20.8 Å². The average molecular weight is 357 g/mol. The quantitative estimate of drug-likeness (QED) is 0.806. The Morgan fingerprint density at radius 3 is 2.00 bits per heavy atom. The molecule has 1 rings (SSSR count). The molecule has 0 fully saturated rings. The number of aliphatic hydroxyl groups is 1. The molecule has 0 bridgehead atoms. The van der Waals surface area contributed by atoms with Crippen LogP contribution in [0.1, 0.15) is 4.88 Å². The molecule has 0 aliphatic heterocycles. The Balaban J connectivity index is 2.87. The van der Waals surface area contributed by atoms with Gasteiger partial charge in [-0.1, -0.05) is 0 Å². The van der Waals surface area contributed by atoms with Gasteiger partial charge in [0.25, 0.3) is 0 Å². The molecule has 0 aromatic carbocycles. The minimum atomic E-state index is -5.52. The zero-order chi connectivity index (χ0) is 14.1. The first kappa shape index (κ1) is 15.8. The zero-order valence-electron chi connectivity index (χ0n) is 8.52. The van der Waals surface area contributed by atoms with Crippen LogP contribution in [0.25, 0.3) is 0 Å². The summed E-state index contributed by atoms with van der Waals surface area (Å²) in [6.07, 6.45) is -14.3. The van der Waals surface area contributed by atoms with E-state index in [4.69, 9.17) is 0 Å². The van der Waals surface area contributed by atoms with Gasteiger partial charge in [0, 0.05) is 21.2 Å². The van der Waals surface area contributed by atoms with Crippen molar-refractivity contribution in [2.45, 2.75) is 24.9 Å². The van der Waals surface area contributed by atoms with Crippen LogP contribution in [0, 0.1) is 5.92 Å². The number of aliphatic hydroxyl groups excluding tert-OH is 1. The Morgan fingerprint density at radius 1 is 1.17 bits per heavy atom. The van der Waals surface area contributed by atoms with Crippen molar-refractivity contribution in [2.75, 3.05) is 0 Å². The highest BCUT2D eigenvalue weighted by atomic mass is 79.9. The molecule has 0 aliphatic rings. The van der Waals surface area contributed by atoms with Gasteiger partial charge in [0.2, 0.25) is 0 Å². The summed E-state index contributed by atoms with van der Waals surface area (Å²) in [5, 5.41) is 10.7. The highest BCUT2D eigenvalue weighted by Gasteiger charge is 2.60. The molecular formula is C9H7BrF6OS. The summed E-state index contributed by atoms with van der Waals surface area (Å²) in [6, 6.07) is 1.37. The van der Waals surface area contributed by atoms with E-state index >= 15 is 0 Å². The van der Waals surface area contributed by atoms with Gasteiger partial charge in [0.05, 0.1) is 6.10 Å². The van der Waals surface area contributed by atoms with Gasteiger partial charge < -0.3 is 5.11 Å². The van der Waals surface area contributed by atoms with E-state index in [0.717, 1.165) is 11.3 Å². The molecule has 0 saturated carbocycles. The van der Waals surface area contributed by atoms with Crippen LogP contribution in [0.4, 0.5) is 26.3 Å². The van der Waals surface area contributed by atoms with Crippen molar-refractivity contribution >= 4 is 27.3 Å². The SMILES string of the molecule is OC(Cc1cc(Br)cs1)C(C(F)(F)F)C(F)(F)F. The molecule has 9 heteroatoms. The van der Waals surface area contributed by atoms with Crippen LogP contribution in [0.2, 0.25) is 0 Å². The molecule has 0 radical (unpaired) electrons. The Morgan fingerprint density at radius 2 is 1.67 bits per heavy atom. The van der Waals surface area contributed by atoms with E-state index < -0.39 is 30.8 Å². The molecule has 1 aromatic rings.